The monoisotopic (exact) mass is 343 g/mol. The van der Waals surface area contributed by atoms with Crippen LogP contribution in [0.3, 0.4) is 0 Å². The molecule has 1 aromatic rings. The highest BCUT2D eigenvalue weighted by molar-refractivity contribution is 9.10. The summed E-state index contributed by atoms with van der Waals surface area (Å²) < 4.78 is 0.836. The molecule has 0 aliphatic carbocycles. The van der Waals surface area contributed by atoms with Gasteiger partial charge in [0.25, 0.3) is 0 Å². The number of carbonyl (C=O) groups excluding carboxylic acids is 2. The van der Waals surface area contributed by atoms with Crippen molar-refractivity contribution in [3.63, 3.8) is 0 Å². The number of hydrogen-bond donors (Lipinski definition) is 1. The summed E-state index contributed by atoms with van der Waals surface area (Å²) in [7, 11) is 0. The Morgan fingerprint density at radius 3 is 2.53 bits per heavy atom. The van der Waals surface area contributed by atoms with Crippen molar-refractivity contribution in [3.05, 3.63) is 32.8 Å². The van der Waals surface area contributed by atoms with E-state index in [2.05, 4.69) is 21.2 Å². The van der Waals surface area contributed by atoms with E-state index < -0.39 is 11.5 Å². The van der Waals surface area contributed by atoms with E-state index in [1.54, 1.807) is 6.07 Å². The topological polar surface area (TPSA) is 46.2 Å². The summed E-state index contributed by atoms with van der Waals surface area (Å²) in [5.74, 6) is -1.15. The number of Topliss-reactive ketones (excluding diaryl/α,β-unsaturated/α-hetero) is 1. The fourth-order valence-corrected chi connectivity index (χ4v) is 3.58. The van der Waals surface area contributed by atoms with E-state index in [9.17, 15) is 9.59 Å². The lowest BCUT2D eigenvalue weighted by Crippen LogP contribution is -2.54. The Kier molecular flexibility index (Phi) is 3.76. The van der Waals surface area contributed by atoms with E-state index in [-0.39, 0.29) is 11.7 Å². The van der Waals surface area contributed by atoms with Crippen LogP contribution < -0.4 is 5.32 Å². The lowest BCUT2D eigenvalue weighted by Gasteiger charge is -2.34. The fraction of sp³-hybridized carbons (Fsp3) is 0.429. The predicted molar refractivity (Wildman–Crippen MR) is 78.5 cm³/mol. The highest BCUT2D eigenvalue weighted by Crippen LogP contribution is 2.35. The van der Waals surface area contributed by atoms with Crippen molar-refractivity contribution in [3.8, 4) is 0 Å². The predicted octanol–water partition coefficient (Wildman–Crippen LogP) is 3.36. The highest BCUT2D eigenvalue weighted by Gasteiger charge is 2.41. The van der Waals surface area contributed by atoms with Gasteiger partial charge in [-0.15, -0.1) is 0 Å². The summed E-state index contributed by atoms with van der Waals surface area (Å²) in [6, 6.07) is 3.58. The van der Waals surface area contributed by atoms with E-state index in [0.29, 0.717) is 17.0 Å². The summed E-state index contributed by atoms with van der Waals surface area (Å²) in [5.41, 5.74) is 0.968. The Balaban J connectivity index is 2.48. The second-order valence-electron chi connectivity index (χ2n) is 5.57. The number of hydrogen-bond acceptors (Lipinski definition) is 2. The molecule has 1 saturated heterocycles. The van der Waals surface area contributed by atoms with Crippen molar-refractivity contribution < 1.29 is 9.59 Å². The first-order chi connectivity index (χ1) is 8.71. The summed E-state index contributed by atoms with van der Waals surface area (Å²) in [4.78, 5) is 24.5. The molecule has 0 bridgehead atoms. The number of rotatable bonds is 1. The van der Waals surface area contributed by atoms with Crippen LogP contribution in [-0.2, 0) is 9.59 Å². The van der Waals surface area contributed by atoms with Crippen molar-refractivity contribution >= 4 is 39.2 Å². The Hall–Kier alpha value is -0.870. The molecule has 1 atom stereocenters. The zero-order chi connectivity index (χ0) is 14.4. The van der Waals surface area contributed by atoms with Gasteiger partial charge >= 0.3 is 0 Å². The molecule has 0 spiro atoms. The summed E-state index contributed by atoms with van der Waals surface area (Å²) >= 11 is 9.56. The zero-order valence-electron chi connectivity index (χ0n) is 11.0. The van der Waals surface area contributed by atoms with Gasteiger partial charge in [-0.1, -0.05) is 27.5 Å². The lowest BCUT2D eigenvalue weighted by molar-refractivity contribution is -0.136. The third-order valence-electron chi connectivity index (χ3n) is 3.25. The number of halogens is 2. The van der Waals surface area contributed by atoms with Crippen LogP contribution in [0.4, 0.5) is 0 Å². The van der Waals surface area contributed by atoms with Gasteiger partial charge in [-0.3, -0.25) is 9.59 Å². The van der Waals surface area contributed by atoms with Gasteiger partial charge in [-0.25, -0.2) is 0 Å². The molecule has 1 N–H and O–H groups in total. The number of ketones is 1. The smallest absolute Gasteiger partial charge is 0.235 e. The van der Waals surface area contributed by atoms with Gasteiger partial charge in [0.05, 0.1) is 0 Å². The maximum absolute atomic E-state index is 12.3. The first-order valence-corrected chi connectivity index (χ1v) is 7.19. The normalized spacial score (nSPS) is 22.3. The first kappa shape index (κ1) is 14.5. The number of nitrogens with one attached hydrogen (secondary N) is 1. The lowest BCUT2D eigenvalue weighted by atomic mass is 9.80. The maximum atomic E-state index is 12.3. The van der Waals surface area contributed by atoms with Gasteiger partial charge in [0.2, 0.25) is 5.91 Å². The zero-order valence-corrected chi connectivity index (χ0v) is 13.4. The van der Waals surface area contributed by atoms with Crippen LogP contribution in [0.2, 0.25) is 5.02 Å². The fourth-order valence-electron chi connectivity index (χ4n) is 2.50. The Morgan fingerprint density at radius 1 is 1.37 bits per heavy atom. The Labute approximate surface area is 125 Å². The van der Waals surface area contributed by atoms with E-state index in [4.69, 9.17) is 11.6 Å². The van der Waals surface area contributed by atoms with Crippen molar-refractivity contribution in [1.29, 1.82) is 0 Å². The summed E-state index contributed by atoms with van der Waals surface area (Å²) in [5, 5.41) is 3.32. The quantitative estimate of drug-likeness (QED) is 0.794. The molecule has 0 radical (unpaired) electrons. The molecule has 1 aromatic carbocycles. The molecule has 1 amide bonds. The van der Waals surface area contributed by atoms with Crippen molar-refractivity contribution in [2.45, 2.75) is 38.6 Å². The standard InChI is InChI=1S/C14H15BrClNO2/c1-7-4-8(15)5-9(16)11(7)12-10(18)6-14(2,3)17-13(12)19/h4-5,12H,6H2,1-3H3,(H,17,19). The number of piperidine rings is 1. The number of benzene rings is 1. The minimum Gasteiger partial charge on any atom is -0.350 e. The third kappa shape index (κ3) is 2.84. The molecule has 1 unspecified atom stereocenters. The Morgan fingerprint density at radius 2 is 2.00 bits per heavy atom. The molecule has 2 rings (SSSR count). The molecule has 19 heavy (non-hydrogen) atoms. The van der Waals surface area contributed by atoms with Gasteiger partial charge in [-0.05, 0) is 44.0 Å². The maximum Gasteiger partial charge on any atom is 0.235 e. The van der Waals surface area contributed by atoms with Crippen molar-refractivity contribution in [1.82, 2.24) is 5.32 Å². The minimum atomic E-state index is -0.798. The molecule has 0 aromatic heterocycles. The molecule has 102 valence electrons. The average Bonchev–Trinajstić information content (AvgIpc) is 2.18. The van der Waals surface area contributed by atoms with Gasteiger partial charge in [0.15, 0.2) is 5.78 Å². The largest absolute Gasteiger partial charge is 0.350 e. The average molecular weight is 345 g/mol. The van der Waals surface area contributed by atoms with Crippen LogP contribution in [0.5, 0.6) is 0 Å². The van der Waals surface area contributed by atoms with E-state index >= 15 is 0 Å². The van der Waals surface area contributed by atoms with Crippen LogP contribution in [-0.4, -0.2) is 17.2 Å². The third-order valence-corrected chi connectivity index (χ3v) is 4.02. The second-order valence-corrected chi connectivity index (χ2v) is 6.89. The van der Waals surface area contributed by atoms with Gasteiger partial charge in [0.1, 0.15) is 5.92 Å². The molecule has 0 saturated carbocycles. The molecule has 5 heteroatoms. The Bertz CT molecular complexity index is 526. The van der Waals surface area contributed by atoms with E-state index in [1.165, 1.54) is 0 Å². The van der Waals surface area contributed by atoms with Gasteiger partial charge < -0.3 is 5.32 Å². The molecule has 1 aliphatic heterocycles. The SMILES string of the molecule is Cc1cc(Br)cc(Cl)c1C1C(=O)CC(C)(C)NC1=O. The number of amides is 1. The first-order valence-electron chi connectivity index (χ1n) is 6.01. The molecule has 3 nitrogen and oxygen atoms in total. The van der Waals surface area contributed by atoms with E-state index in [0.717, 1.165) is 10.0 Å². The number of aryl methyl sites for hydroxylation is 1. The van der Waals surface area contributed by atoms with Crippen molar-refractivity contribution in [2.24, 2.45) is 0 Å². The number of carbonyl (C=O) groups is 2. The van der Waals surface area contributed by atoms with Gasteiger partial charge in [0, 0.05) is 21.5 Å². The van der Waals surface area contributed by atoms with Crippen LogP contribution >= 0.6 is 27.5 Å². The van der Waals surface area contributed by atoms with E-state index in [1.807, 2.05) is 26.8 Å². The second kappa shape index (κ2) is 4.91. The van der Waals surface area contributed by atoms with Crippen LogP contribution in [0, 0.1) is 6.92 Å². The summed E-state index contributed by atoms with van der Waals surface area (Å²) in [6.45, 7) is 5.54. The molecule has 1 heterocycles. The van der Waals surface area contributed by atoms with Crippen LogP contribution in [0.1, 0.15) is 37.3 Å². The molecule has 1 fully saturated rings. The molecular formula is C14H15BrClNO2. The van der Waals surface area contributed by atoms with Crippen LogP contribution in [0.15, 0.2) is 16.6 Å². The summed E-state index contributed by atoms with van der Waals surface area (Å²) in [6.07, 6.45) is 0.315. The molecular weight excluding hydrogens is 330 g/mol. The van der Waals surface area contributed by atoms with Crippen LogP contribution in [0.25, 0.3) is 0 Å². The van der Waals surface area contributed by atoms with Crippen molar-refractivity contribution in [2.75, 3.05) is 0 Å². The highest BCUT2D eigenvalue weighted by atomic mass is 79.9. The minimum absolute atomic E-state index is 0.0823. The molecule has 1 aliphatic rings. The van der Waals surface area contributed by atoms with Gasteiger partial charge in [-0.2, -0.15) is 0 Å².